The third kappa shape index (κ3) is 3.55. The molecule has 2 fully saturated rings. The molecule has 21 heavy (non-hydrogen) atoms. The van der Waals surface area contributed by atoms with Gasteiger partial charge in [-0.3, -0.25) is 4.79 Å². The van der Waals surface area contributed by atoms with Crippen LogP contribution in [0.15, 0.2) is 0 Å². The summed E-state index contributed by atoms with van der Waals surface area (Å²) in [5.74, 6) is -0.699. The number of piperidine rings is 1. The molecule has 0 bridgehead atoms. The Labute approximate surface area is 125 Å². The number of amides is 1. The van der Waals surface area contributed by atoms with E-state index in [1.165, 1.54) is 6.42 Å². The standard InChI is InChI=1S/C15H26N2O4/c1-21-9-8-11(16)14(18)17-12-5-3-2-4-10(12)6-7-13(17)15(19)20/h10-13H,2-9,16H2,1H3,(H,19,20). The molecular weight excluding hydrogens is 272 g/mol. The van der Waals surface area contributed by atoms with Gasteiger partial charge in [-0.05, 0) is 38.0 Å². The fraction of sp³-hybridized carbons (Fsp3) is 0.867. The van der Waals surface area contributed by atoms with E-state index in [1.807, 2.05) is 0 Å². The number of carbonyl (C=O) groups is 2. The fourth-order valence-corrected chi connectivity index (χ4v) is 3.75. The molecular formula is C15H26N2O4. The van der Waals surface area contributed by atoms with Crippen LogP contribution in [0.1, 0.15) is 44.9 Å². The van der Waals surface area contributed by atoms with Crippen molar-refractivity contribution in [1.82, 2.24) is 4.90 Å². The normalized spacial score (nSPS) is 30.6. The number of aliphatic carboxylic acids is 1. The van der Waals surface area contributed by atoms with Crippen molar-refractivity contribution in [2.75, 3.05) is 13.7 Å². The summed E-state index contributed by atoms with van der Waals surface area (Å²) in [5.41, 5.74) is 5.95. The minimum absolute atomic E-state index is 0.0506. The minimum Gasteiger partial charge on any atom is -0.480 e. The van der Waals surface area contributed by atoms with E-state index in [0.717, 1.165) is 25.7 Å². The number of carboxylic acids is 1. The minimum atomic E-state index is -0.911. The second-order valence-corrected chi connectivity index (χ2v) is 6.18. The van der Waals surface area contributed by atoms with Crippen molar-refractivity contribution >= 4 is 11.9 Å². The summed E-state index contributed by atoms with van der Waals surface area (Å²) in [7, 11) is 1.56. The molecule has 0 aromatic heterocycles. The molecule has 4 unspecified atom stereocenters. The highest BCUT2D eigenvalue weighted by Gasteiger charge is 2.44. The van der Waals surface area contributed by atoms with Crippen LogP contribution in [0.3, 0.4) is 0 Å². The number of hydrogen-bond acceptors (Lipinski definition) is 4. The molecule has 1 saturated heterocycles. The van der Waals surface area contributed by atoms with Crippen LogP contribution in [0, 0.1) is 5.92 Å². The van der Waals surface area contributed by atoms with Crippen molar-refractivity contribution in [3.05, 3.63) is 0 Å². The molecule has 6 heteroatoms. The molecule has 1 saturated carbocycles. The first-order chi connectivity index (χ1) is 10.1. The number of carbonyl (C=O) groups excluding carboxylic acids is 1. The molecule has 0 aromatic carbocycles. The van der Waals surface area contributed by atoms with Gasteiger partial charge in [0, 0.05) is 19.8 Å². The summed E-state index contributed by atoms with van der Waals surface area (Å²) in [6.45, 7) is 0.409. The number of rotatable bonds is 5. The summed E-state index contributed by atoms with van der Waals surface area (Å²) >= 11 is 0. The maximum atomic E-state index is 12.7. The van der Waals surface area contributed by atoms with E-state index in [2.05, 4.69) is 0 Å². The second kappa shape index (κ2) is 7.22. The number of methoxy groups -OCH3 is 1. The Morgan fingerprint density at radius 1 is 1.29 bits per heavy atom. The lowest BCUT2D eigenvalue weighted by molar-refractivity contribution is -0.159. The third-order valence-electron chi connectivity index (χ3n) is 4.86. The summed E-state index contributed by atoms with van der Waals surface area (Å²) in [6.07, 6.45) is 6.10. The van der Waals surface area contributed by atoms with Crippen LogP contribution < -0.4 is 5.73 Å². The van der Waals surface area contributed by atoms with Gasteiger partial charge in [0.1, 0.15) is 6.04 Å². The van der Waals surface area contributed by atoms with E-state index in [0.29, 0.717) is 25.4 Å². The highest BCUT2D eigenvalue weighted by Crippen LogP contribution is 2.38. The quantitative estimate of drug-likeness (QED) is 0.789. The molecule has 1 amide bonds. The largest absolute Gasteiger partial charge is 0.480 e. The fourth-order valence-electron chi connectivity index (χ4n) is 3.75. The summed E-state index contributed by atoms with van der Waals surface area (Å²) < 4.78 is 4.96. The first kappa shape index (κ1) is 16.2. The van der Waals surface area contributed by atoms with Crippen LogP contribution in [0.4, 0.5) is 0 Å². The molecule has 1 aliphatic heterocycles. The number of carboxylic acid groups (broad SMARTS) is 1. The lowest BCUT2D eigenvalue weighted by Crippen LogP contribution is -2.60. The van der Waals surface area contributed by atoms with Crippen LogP contribution in [0.2, 0.25) is 0 Å². The van der Waals surface area contributed by atoms with Gasteiger partial charge in [-0.15, -0.1) is 0 Å². The van der Waals surface area contributed by atoms with E-state index >= 15 is 0 Å². The zero-order chi connectivity index (χ0) is 15.4. The average Bonchev–Trinajstić information content (AvgIpc) is 2.50. The van der Waals surface area contributed by atoms with E-state index in [1.54, 1.807) is 12.0 Å². The Morgan fingerprint density at radius 3 is 2.67 bits per heavy atom. The monoisotopic (exact) mass is 298 g/mol. The SMILES string of the molecule is COCCC(N)C(=O)N1C(C(=O)O)CCC2CCCCC21. The number of fused-ring (bicyclic) bond motifs is 1. The lowest BCUT2D eigenvalue weighted by atomic mass is 9.76. The van der Waals surface area contributed by atoms with Gasteiger partial charge in [0.2, 0.25) is 5.91 Å². The topological polar surface area (TPSA) is 92.9 Å². The molecule has 1 heterocycles. The Kier molecular flexibility index (Phi) is 5.58. The summed E-state index contributed by atoms with van der Waals surface area (Å²) in [5, 5.41) is 9.45. The highest BCUT2D eigenvalue weighted by atomic mass is 16.5. The van der Waals surface area contributed by atoms with Crippen LogP contribution in [-0.2, 0) is 14.3 Å². The number of hydrogen-bond donors (Lipinski definition) is 2. The second-order valence-electron chi connectivity index (χ2n) is 6.18. The first-order valence-electron chi connectivity index (χ1n) is 7.85. The van der Waals surface area contributed by atoms with Gasteiger partial charge in [0.05, 0.1) is 6.04 Å². The van der Waals surface area contributed by atoms with Crippen molar-refractivity contribution in [2.45, 2.75) is 63.1 Å². The molecule has 3 N–H and O–H groups in total. The number of likely N-dealkylation sites (tertiary alicyclic amines) is 1. The van der Waals surface area contributed by atoms with Gasteiger partial charge in [-0.1, -0.05) is 12.8 Å². The van der Waals surface area contributed by atoms with Crippen molar-refractivity contribution in [3.63, 3.8) is 0 Å². The van der Waals surface area contributed by atoms with Gasteiger partial charge in [0.25, 0.3) is 0 Å². The third-order valence-corrected chi connectivity index (χ3v) is 4.86. The molecule has 2 rings (SSSR count). The van der Waals surface area contributed by atoms with Gasteiger partial charge in [-0.2, -0.15) is 0 Å². The molecule has 6 nitrogen and oxygen atoms in total. The van der Waals surface area contributed by atoms with E-state index < -0.39 is 18.1 Å². The molecule has 0 spiro atoms. The van der Waals surface area contributed by atoms with E-state index in [4.69, 9.17) is 10.5 Å². The molecule has 4 atom stereocenters. The number of nitrogens with two attached hydrogens (primary N) is 1. The van der Waals surface area contributed by atoms with E-state index in [9.17, 15) is 14.7 Å². The maximum absolute atomic E-state index is 12.7. The zero-order valence-electron chi connectivity index (χ0n) is 12.7. The average molecular weight is 298 g/mol. The Bertz CT molecular complexity index is 388. The molecule has 0 radical (unpaired) electrons. The zero-order valence-corrected chi connectivity index (χ0v) is 12.7. The van der Waals surface area contributed by atoms with Gasteiger partial charge < -0.3 is 20.5 Å². The molecule has 0 aromatic rings. The summed E-state index contributed by atoms with van der Waals surface area (Å²) in [4.78, 5) is 25.8. The molecule has 1 aliphatic carbocycles. The first-order valence-corrected chi connectivity index (χ1v) is 7.85. The molecule has 120 valence electrons. The van der Waals surface area contributed by atoms with Crippen LogP contribution >= 0.6 is 0 Å². The lowest BCUT2D eigenvalue weighted by Gasteiger charge is -2.47. The Morgan fingerprint density at radius 2 is 2.00 bits per heavy atom. The van der Waals surface area contributed by atoms with Crippen LogP contribution in [0.5, 0.6) is 0 Å². The van der Waals surface area contributed by atoms with Crippen LogP contribution in [0.25, 0.3) is 0 Å². The van der Waals surface area contributed by atoms with E-state index in [-0.39, 0.29) is 11.9 Å². The van der Waals surface area contributed by atoms with Crippen molar-refractivity contribution in [2.24, 2.45) is 11.7 Å². The summed E-state index contributed by atoms with van der Waals surface area (Å²) in [6, 6.07) is -1.34. The Balaban J connectivity index is 2.15. The van der Waals surface area contributed by atoms with Crippen LogP contribution in [-0.4, -0.2) is 53.7 Å². The van der Waals surface area contributed by atoms with Crippen molar-refractivity contribution in [3.8, 4) is 0 Å². The Hall–Kier alpha value is -1.14. The molecule has 2 aliphatic rings. The predicted octanol–water partition coefficient (Wildman–Crippen LogP) is 0.985. The van der Waals surface area contributed by atoms with Gasteiger partial charge in [-0.25, -0.2) is 4.79 Å². The van der Waals surface area contributed by atoms with Crippen molar-refractivity contribution in [1.29, 1.82) is 0 Å². The highest BCUT2D eigenvalue weighted by molar-refractivity contribution is 5.87. The maximum Gasteiger partial charge on any atom is 0.326 e. The smallest absolute Gasteiger partial charge is 0.326 e. The van der Waals surface area contributed by atoms with Gasteiger partial charge in [0.15, 0.2) is 0 Å². The number of nitrogens with zero attached hydrogens (tertiary/aromatic N) is 1. The van der Waals surface area contributed by atoms with Gasteiger partial charge >= 0.3 is 5.97 Å². The van der Waals surface area contributed by atoms with Crippen molar-refractivity contribution < 1.29 is 19.4 Å². The number of ether oxygens (including phenoxy) is 1. The predicted molar refractivity (Wildman–Crippen MR) is 77.7 cm³/mol.